The Hall–Kier alpha value is -2.37. The zero-order valence-electron chi connectivity index (χ0n) is 20.1. The summed E-state index contributed by atoms with van der Waals surface area (Å²) in [5, 5.41) is 7.75. The molecule has 2 aliphatic rings. The predicted octanol–water partition coefficient (Wildman–Crippen LogP) is 6.64. The average molecular weight is 444 g/mol. The van der Waals surface area contributed by atoms with Gasteiger partial charge in [0.25, 0.3) is 0 Å². The van der Waals surface area contributed by atoms with Crippen LogP contribution in [0.25, 0.3) is 5.70 Å². The molecule has 0 N–H and O–H groups in total. The number of azo groups is 1. The van der Waals surface area contributed by atoms with Gasteiger partial charge in [0.15, 0.2) is 0 Å². The summed E-state index contributed by atoms with van der Waals surface area (Å²) >= 11 is 0. The van der Waals surface area contributed by atoms with Crippen LogP contribution in [-0.2, 0) is 4.79 Å². The maximum Gasteiger partial charge on any atom is 0.229 e. The largest absolute Gasteiger partial charge is 0.342 e. The molecule has 174 valence electrons. The van der Waals surface area contributed by atoms with Crippen molar-refractivity contribution in [3.05, 3.63) is 53.6 Å². The molecule has 4 nitrogen and oxygen atoms in total. The number of nitrogens with zero attached hydrogens (tertiary/aromatic N) is 3. The van der Waals surface area contributed by atoms with Crippen molar-refractivity contribution in [3.8, 4) is 0 Å². The Morgan fingerprint density at radius 1 is 1.16 bits per heavy atom. The van der Waals surface area contributed by atoms with E-state index in [0.29, 0.717) is 5.57 Å². The molecule has 2 atom stereocenters. The van der Waals surface area contributed by atoms with Crippen LogP contribution in [0.1, 0.15) is 59.4 Å². The topological polar surface area (TPSA) is 45.0 Å². The van der Waals surface area contributed by atoms with Crippen molar-refractivity contribution in [3.63, 3.8) is 0 Å². The number of halogens is 2. The van der Waals surface area contributed by atoms with Crippen molar-refractivity contribution in [1.82, 2.24) is 4.90 Å². The van der Waals surface area contributed by atoms with Crippen LogP contribution in [0, 0.1) is 33.8 Å². The van der Waals surface area contributed by atoms with Gasteiger partial charge in [0.05, 0.1) is 16.7 Å². The van der Waals surface area contributed by atoms with E-state index in [1.807, 2.05) is 4.90 Å². The molecule has 1 aromatic carbocycles. The molecule has 1 aliphatic heterocycles. The molecule has 1 aliphatic carbocycles. The van der Waals surface area contributed by atoms with Crippen LogP contribution >= 0.6 is 0 Å². The number of carbonyl (C=O) groups excluding carboxylic acids is 1. The molecule has 0 aromatic heterocycles. The molecule has 1 saturated heterocycles. The molecule has 2 unspecified atom stereocenters. The Bertz CT molecular complexity index is 959. The zero-order chi connectivity index (χ0) is 23.9. The van der Waals surface area contributed by atoms with E-state index in [4.69, 9.17) is 0 Å². The second-order valence-electron chi connectivity index (χ2n) is 10.8. The molecule has 0 radical (unpaired) electrons. The van der Waals surface area contributed by atoms with E-state index in [2.05, 4.69) is 51.4 Å². The van der Waals surface area contributed by atoms with Crippen LogP contribution in [0.4, 0.5) is 8.78 Å². The highest BCUT2D eigenvalue weighted by atomic mass is 19.1. The molecule has 3 rings (SSSR count). The van der Waals surface area contributed by atoms with Crippen molar-refractivity contribution >= 4 is 11.6 Å². The highest BCUT2D eigenvalue weighted by Crippen LogP contribution is 2.59. The van der Waals surface area contributed by atoms with Gasteiger partial charge < -0.3 is 4.90 Å². The quantitative estimate of drug-likeness (QED) is 0.371. The van der Waals surface area contributed by atoms with Gasteiger partial charge in [-0.3, -0.25) is 4.79 Å². The van der Waals surface area contributed by atoms with E-state index in [-0.39, 0.29) is 33.9 Å². The summed E-state index contributed by atoms with van der Waals surface area (Å²) in [6.45, 7) is 16.5. The standard InChI is InChI=1S/C26H35F2N3O/c1-17(15-21(30-29-7)22-19(27)9-8-10-20(22)28)18-11-12-26(6,25(18,4)5)23(32)31-14-13-24(2,3)16-31/h8-10,15,18H,1,11-14,16H2,2-7H3/b21-15-,30-29-. The molecule has 1 saturated carbocycles. The first-order valence-electron chi connectivity index (χ1n) is 11.3. The maximum absolute atomic E-state index is 14.4. The SMILES string of the molecule is C=C(/C=C(\N=N/C)c1c(F)cccc1F)C1CCC(C)(C(=O)N2CCC(C)(C)C2)C1(C)C. The number of carbonyl (C=O) groups is 1. The van der Waals surface area contributed by atoms with Gasteiger partial charge in [-0.2, -0.15) is 10.2 Å². The fraction of sp³-hybridized carbons (Fsp3) is 0.577. The van der Waals surface area contributed by atoms with Crippen LogP contribution in [0.3, 0.4) is 0 Å². The Labute approximate surface area is 190 Å². The molecule has 0 bridgehead atoms. The van der Waals surface area contributed by atoms with Gasteiger partial charge in [0.2, 0.25) is 5.91 Å². The van der Waals surface area contributed by atoms with E-state index in [9.17, 15) is 13.6 Å². The van der Waals surface area contributed by atoms with Crippen LogP contribution in [0.2, 0.25) is 0 Å². The Morgan fingerprint density at radius 2 is 1.78 bits per heavy atom. The van der Waals surface area contributed by atoms with Crippen LogP contribution in [-0.4, -0.2) is 30.9 Å². The molecule has 0 spiro atoms. The maximum atomic E-state index is 14.4. The molecule has 6 heteroatoms. The predicted molar refractivity (Wildman–Crippen MR) is 124 cm³/mol. The van der Waals surface area contributed by atoms with Crippen molar-refractivity contribution in [2.24, 2.45) is 32.4 Å². The minimum Gasteiger partial charge on any atom is -0.342 e. The van der Waals surface area contributed by atoms with Gasteiger partial charge in [0.1, 0.15) is 11.6 Å². The third-order valence-corrected chi connectivity index (χ3v) is 7.86. The second-order valence-corrected chi connectivity index (χ2v) is 10.8. The van der Waals surface area contributed by atoms with Crippen molar-refractivity contribution in [1.29, 1.82) is 0 Å². The number of hydrogen-bond donors (Lipinski definition) is 0. The summed E-state index contributed by atoms with van der Waals surface area (Å²) in [6.07, 6.45) is 4.15. The van der Waals surface area contributed by atoms with Crippen LogP contribution in [0.5, 0.6) is 0 Å². The fourth-order valence-electron chi connectivity index (χ4n) is 5.44. The monoisotopic (exact) mass is 443 g/mol. The van der Waals surface area contributed by atoms with E-state index in [1.54, 1.807) is 6.08 Å². The molecule has 2 fully saturated rings. The molecule has 32 heavy (non-hydrogen) atoms. The van der Waals surface area contributed by atoms with E-state index < -0.39 is 17.0 Å². The lowest BCUT2D eigenvalue weighted by Crippen LogP contribution is -2.48. The first kappa shape index (κ1) is 24.3. The van der Waals surface area contributed by atoms with E-state index in [1.165, 1.54) is 25.2 Å². The Kier molecular flexibility index (Phi) is 6.47. The number of hydrogen-bond acceptors (Lipinski definition) is 3. The number of likely N-dealkylation sites (tertiary alicyclic amines) is 1. The molecule has 1 heterocycles. The van der Waals surface area contributed by atoms with Crippen molar-refractivity contribution in [2.75, 3.05) is 20.1 Å². The number of amides is 1. The third-order valence-electron chi connectivity index (χ3n) is 7.86. The minimum absolute atomic E-state index is 0.0241. The summed E-state index contributed by atoms with van der Waals surface area (Å²) in [7, 11) is 1.46. The first-order chi connectivity index (χ1) is 14.8. The van der Waals surface area contributed by atoms with Gasteiger partial charge in [-0.05, 0) is 59.8 Å². The number of benzene rings is 1. The van der Waals surface area contributed by atoms with Crippen molar-refractivity contribution < 1.29 is 13.6 Å². The lowest BCUT2D eigenvalue weighted by molar-refractivity contribution is -0.146. The molecular formula is C26H35F2N3O. The van der Waals surface area contributed by atoms with Gasteiger partial charge in [0, 0.05) is 20.1 Å². The van der Waals surface area contributed by atoms with Crippen molar-refractivity contribution in [2.45, 2.75) is 53.9 Å². The highest BCUT2D eigenvalue weighted by molar-refractivity contribution is 5.84. The Morgan fingerprint density at radius 3 is 2.31 bits per heavy atom. The molecule has 1 amide bonds. The van der Waals surface area contributed by atoms with Gasteiger partial charge in [-0.15, -0.1) is 0 Å². The highest BCUT2D eigenvalue weighted by Gasteiger charge is 2.57. The average Bonchev–Trinajstić information content (AvgIpc) is 3.17. The fourth-order valence-corrected chi connectivity index (χ4v) is 5.44. The zero-order valence-corrected chi connectivity index (χ0v) is 20.1. The molecular weight excluding hydrogens is 408 g/mol. The van der Waals surface area contributed by atoms with E-state index >= 15 is 0 Å². The summed E-state index contributed by atoms with van der Waals surface area (Å²) in [5.41, 5.74) is -0.182. The summed E-state index contributed by atoms with van der Waals surface area (Å²) in [5.74, 6) is -1.22. The van der Waals surface area contributed by atoms with E-state index in [0.717, 1.165) is 32.4 Å². The second kappa shape index (κ2) is 8.53. The summed E-state index contributed by atoms with van der Waals surface area (Å²) < 4.78 is 28.8. The lowest BCUT2D eigenvalue weighted by atomic mass is 9.63. The molecule has 1 aromatic rings. The number of rotatable bonds is 5. The summed E-state index contributed by atoms with van der Waals surface area (Å²) in [4.78, 5) is 15.6. The van der Waals surface area contributed by atoms with Gasteiger partial charge in [-0.1, -0.05) is 47.3 Å². The Balaban J connectivity index is 1.91. The summed E-state index contributed by atoms with van der Waals surface area (Å²) in [6, 6.07) is 3.72. The first-order valence-corrected chi connectivity index (χ1v) is 11.3. The smallest absolute Gasteiger partial charge is 0.229 e. The van der Waals surface area contributed by atoms with Crippen LogP contribution < -0.4 is 0 Å². The number of allylic oxidation sites excluding steroid dienone is 2. The third kappa shape index (κ3) is 4.16. The normalized spacial score (nSPS) is 27.3. The van der Waals surface area contributed by atoms with Gasteiger partial charge in [-0.25, -0.2) is 8.78 Å². The van der Waals surface area contributed by atoms with Gasteiger partial charge >= 0.3 is 0 Å². The minimum atomic E-state index is -0.696. The lowest BCUT2D eigenvalue weighted by Gasteiger charge is -2.43. The van der Waals surface area contributed by atoms with Crippen LogP contribution in [0.15, 0.2) is 46.7 Å².